The highest BCUT2D eigenvalue weighted by molar-refractivity contribution is 7.57. The fourth-order valence-corrected chi connectivity index (χ4v) is 5.58. The van der Waals surface area contributed by atoms with E-state index in [4.69, 9.17) is 31.2 Å². The van der Waals surface area contributed by atoms with Crippen LogP contribution in [-0.4, -0.2) is 51.5 Å². The third kappa shape index (κ3) is 8.63. The molecule has 162 valence electrons. The van der Waals surface area contributed by atoms with Gasteiger partial charge >= 0.3 is 7.60 Å². The first kappa shape index (κ1) is 26.5. The molecule has 1 rings (SSSR count). The summed E-state index contributed by atoms with van der Waals surface area (Å²) < 4.78 is 36.9. The molecule has 0 saturated heterocycles. The van der Waals surface area contributed by atoms with Crippen LogP contribution >= 0.6 is 16.1 Å². The first-order chi connectivity index (χ1) is 13.7. The van der Waals surface area contributed by atoms with E-state index in [0.29, 0.717) is 19.4 Å². The normalized spacial score (nSPS) is 23.9. The molecule has 0 aromatic heterocycles. The number of nitriles is 1. The molecule has 29 heavy (non-hydrogen) atoms. The quantitative estimate of drug-likeness (QED) is 0.178. The molecule has 0 aromatic carbocycles. The number of allylic oxidation sites excluding steroid dienone is 1. The highest BCUT2D eigenvalue weighted by Gasteiger charge is 2.33. The molecular formula is C19H33BN2O5P2. The van der Waals surface area contributed by atoms with Crippen molar-refractivity contribution in [3.63, 3.8) is 0 Å². The van der Waals surface area contributed by atoms with Crippen LogP contribution in [0.1, 0.15) is 40.5 Å². The van der Waals surface area contributed by atoms with E-state index in [2.05, 4.69) is 38.4 Å². The monoisotopic (exact) mass is 442 g/mol. The largest absolute Gasteiger partial charge is 0.353 e. The predicted molar refractivity (Wildman–Crippen MR) is 118 cm³/mol. The van der Waals surface area contributed by atoms with Crippen molar-refractivity contribution < 1.29 is 22.7 Å². The maximum atomic E-state index is 12.4. The zero-order chi connectivity index (χ0) is 22.0. The minimum atomic E-state index is -3.27. The number of rotatable bonds is 12. The van der Waals surface area contributed by atoms with Crippen LogP contribution in [0.2, 0.25) is 5.82 Å². The lowest BCUT2D eigenvalue weighted by molar-refractivity contribution is 0.110. The van der Waals surface area contributed by atoms with Gasteiger partial charge in [0.15, 0.2) is 0 Å². The molecule has 0 amide bonds. The number of hydrogen-bond acceptors (Lipinski definition) is 7. The van der Waals surface area contributed by atoms with Crippen molar-refractivity contribution in [2.75, 3.05) is 20.8 Å². The summed E-state index contributed by atoms with van der Waals surface area (Å²) in [7, 11) is 4.15. The second kappa shape index (κ2) is 13.0. The Morgan fingerprint density at radius 3 is 2.41 bits per heavy atom. The predicted octanol–water partition coefficient (Wildman–Crippen LogP) is 5.18. The van der Waals surface area contributed by atoms with Crippen LogP contribution < -0.4 is 0 Å². The van der Waals surface area contributed by atoms with E-state index in [1.165, 1.54) is 20.0 Å². The highest BCUT2D eigenvalue weighted by Crippen LogP contribution is 2.51. The van der Waals surface area contributed by atoms with E-state index in [0.717, 1.165) is 0 Å². The van der Waals surface area contributed by atoms with Crippen LogP contribution in [0.25, 0.3) is 0 Å². The zero-order valence-corrected chi connectivity index (χ0v) is 20.0. The van der Waals surface area contributed by atoms with Gasteiger partial charge < -0.3 is 18.1 Å². The second-order valence-electron chi connectivity index (χ2n) is 7.30. The Hall–Kier alpha value is -0.505. The van der Waals surface area contributed by atoms with Gasteiger partial charge in [0.05, 0.1) is 33.0 Å². The van der Waals surface area contributed by atoms with Crippen LogP contribution in [0, 0.1) is 17.2 Å². The van der Waals surface area contributed by atoms with Crippen LogP contribution in [0.15, 0.2) is 24.0 Å². The maximum absolute atomic E-state index is 12.4. The molecule has 1 aliphatic carbocycles. The van der Waals surface area contributed by atoms with Crippen molar-refractivity contribution in [1.29, 1.82) is 5.26 Å². The van der Waals surface area contributed by atoms with E-state index >= 15 is 0 Å². The van der Waals surface area contributed by atoms with Gasteiger partial charge in [0.1, 0.15) is 0 Å². The highest BCUT2D eigenvalue weighted by atomic mass is 31.2. The standard InChI is InChI=1S/C19H33BN2O5P2/c1-15(2)22(16(3)4)28(26-12-7-11-21)27-19-14-18(20)9-8-17(19)10-13-29(23,24-5)25-6/h8-10,13,15-19H,7,12,14H2,1-6H3/b13-10+. The van der Waals surface area contributed by atoms with Crippen molar-refractivity contribution >= 4 is 24.0 Å². The van der Waals surface area contributed by atoms with Gasteiger partial charge in [-0.3, -0.25) is 4.57 Å². The Balaban J connectivity index is 3.08. The Bertz CT molecular complexity index is 623. The van der Waals surface area contributed by atoms with Crippen molar-refractivity contribution in [2.24, 2.45) is 5.92 Å². The van der Waals surface area contributed by atoms with Crippen molar-refractivity contribution in [3.05, 3.63) is 24.0 Å². The first-order valence-corrected chi connectivity index (χ1v) is 12.5. The fraction of sp³-hybridized carbons (Fsp3) is 0.737. The third-order valence-electron chi connectivity index (χ3n) is 4.40. The van der Waals surface area contributed by atoms with E-state index in [1.807, 2.05) is 12.2 Å². The van der Waals surface area contributed by atoms with Gasteiger partial charge in [0.2, 0.25) is 0 Å². The van der Waals surface area contributed by atoms with Crippen LogP contribution in [-0.2, 0) is 22.7 Å². The van der Waals surface area contributed by atoms with Gasteiger partial charge in [-0.1, -0.05) is 24.0 Å². The average Bonchev–Trinajstić information content (AvgIpc) is 2.66. The molecule has 1 aliphatic rings. The summed E-state index contributed by atoms with van der Waals surface area (Å²) in [4.78, 5) is 0. The Labute approximate surface area is 178 Å². The van der Waals surface area contributed by atoms with E-state index in [-0.39, 0.29) is 29.9 Å². The summed E-state index contributed by atoms with van der Waals surface area (Å²) in [6.45, 7) is 8.65. The van der Waals surface area contributed by atoms with Gasteiger partial charge in [-0.2, -0.15) is 5.26 Å². The molecule has 0 saturated carbocycles. The minimum absolute atomic E-state index is 0.135. The molecule has 4 unspecified atom stereocenters. The Morgan fingerprint density at radius 2 is 1.90 bits per heavy atom. The van der Waals surface area contributed by atoms with Crippen LogP contribution in [0.3, 0.4) is 0 Å². The minimum Gasteiger partial charge on any atom is -0.321 e. The summed E-state index contributed by atoms with van der Waals surface area (Å²) in [6.07, 6.45) is 6.27. The molecule has 0 bridgehead atoms. The van der Waals surface area contributed by atoms with Crippen molar-refractivity contribution in [1.82, 2.24) is 4.67 Å². The Morgan fingerprint density at radius 1 is 1.28 bits per heavy atom. The first-order valence-electron chi connectivity index (χ1n) is 9.76. The van der Waals surface area contributed by atoms with Gasteiger partial charge in [-0.05, 0) is 34.1 Å². The third-order valence-corrected chi connectivity index (χ3v) is 8.11. The smallest absolute Gasteiger partial charge is 0.321 e. The van der Waals surface area contributed by atoms with Gasteiger partial charge in [-0.25, -0.2) is 4.67 Å². The number of hydrogen-bond donors (Lipinski definition) is 0. The summed E-state index contributed by atoms with van der Waals surface area (Å²) >= 11 is 0. The topological polar surface area (TPSA) is 81.0 Å². The lowest BCUT2D eigenvalue weighted by Crippen LogP contribution is -2.36. The molecule has 0 aromatic rings. The second-order valence-corrected chi connectivity index (χ2v) is 10.8. The molecule has 0 N–H and O–H groups in total. The SMILES string of the molecule is [B]C1C=CC(/C=C/P(=O)(OC)OC)C(OP(OCCC#N)N(C(C)C)C(C)C)C1. The molecule has 0 heterocycles. The molecule has 7 nitrogen and oxygen atoms in total. The molecule has 4 atom stereocenters. The number of nitrogens with zero attached hydrogens (tertiary/aromatic N) is 2. The molecule has 10 heteroatoms. The molecular weight excluding hydrogens is 409 g/mol. The van der Waals surface area contributed by atoms with Crippen molar-refractivity contribution in [3.8, 4) is 6.07 Å². The maximum Gasteiger partial charge on any atom is 0.353 e. The fourth-order valence-electron chi connectivity index (χ4n) is 3.01. The molecule has 2 radical (unpaired) electrons. The van der Waals surface area contributed by atoms with Gasteiger partial charge in [-0.15, -0.1) is 0 Å². The van der Waals surface area contributed by atoms with Gasteiger partial charge in [0, 0.05) is 38.0 Å². The molecule has 0 spiro atoms. The molecule has 0 aliphatic heterocycles. The zero-order valence-electron chi connectivity index (χ0n) is 18.2. The van der Waals surface area contributed by atoms with E-state index in [9.17, 15) is 4.57 Å². The van der Waals surface area contributed by atoms with E-state index < -0.39 is 16.1 Å². The van der Waals surface area contributed by atoms with Crippen molar-refractivity contribution in [2.45, 2.75) is 64.5 Å². The molecule has 0 fully saturated rings. The van der Waals surface area contributed by atoms with Crippen LogP contribution in [0.4, 0.5) is 0 Å². The summed E-state index contributed by atoms with van der Waals surface area (Å²) in [6, 6.07) is 2.50. The van der Waals surface area contributed by atoms with Crippen LogP contribution in [0.5, 0.6) is 0 Å². The average molecular weight is 442 g/mol. The van der Waals surface area contributed by atoms with E-state index in [1.54, 1.807) is 6.08 Å². The summed E-state index contributed by atoms with van der Waals surface area (Å²) in [5, 5.41) is 8.87. The summed E-state index contributed by atoms with van der Waals surface area (Å²) in [5.41, 5.74) is 0. The Kier molecular flexibility index (Phi) is 11.9. The lowest BCUT2D eigenvalue weighted by Gasteiger charge is -2.39. The van der Waals surface area contributed by atoms with Gasteiger partial charge in [0.25, 0.3) is 8.53 Å². The summed E-state index contributed by atoms with van der Waals surface area (Å²) in [5.74, 6) is 1.17. The lowest BCUT2D eigenvalue weighted by atomic mass is 9.75.